The minimum Gasteiger partial charge on any atom is -0.482 e. The normalized spacial score (nSPS) is 13.3. The van der Waals surface area contributed by atoms with Crippen molar-refractivity contribution in [1.82, 2.24) is 0 Å². The second-order valence-electron chi connectivity index (χ2n) is 5.05. The summed E-state index contributed by atoms with van der Waals surface area (Å²) in [7, 11) is 0. The number of ether oxygens (including phenoxy) is 1. The molecule has 0 saturated heterocycles. The summed E-state index contributed by atoms with van der Waals surface area (Å²) in [5.41, 5.74) is 0.226. The van der Waals surface area contributed by atoms with Crippen LogP contribution in [0.3, 0.4) is 0 Å². The average molecular weight is 353 g/mol. The second kappa shape index (κ2) is 6.45. The Morgan fingerprint density at radius 3 is 2.79 bits per heavy atom. The lowest BCUT2D eigenvalue weighted by Crippen LogP contribution is -2.43. The smallest absolute Gasteiger partial charge is 0.265 e. The van der Waals surface area contributed by atoms with Gasteiger partial charge in [0.25, 0.3) is 5.91 Å². The molecule has 0 saturated carbocycles. The monoisotopic (exact) mass is 352 g/mol. The molecule has 0 atom stereocenters. The maximum Gasteiger partial charge on any atom is 0.265 e. The SMILES string of the molecule is O=C(CN1C(=O)COc2cc(Cl)ccc21)Nc1ccc(F)cc1F. The highest BCUT2D eigenvalue weighted by molar-refractivity contribution is 6.31. The molecule has 24 heavy (non-hydrogen) atoms. The zero-order valence-corrected chi connectivity index (χ0v) is 12.9. The number of rotatable bonds is 3. The van der Waals surface area contributed by atoms with Gasteiger partial charge in [-0.1, -0.05) is 11.6 Å². The van der Waals surface area contributed by atoms with Crippen LogP contribution in [-0.2, 0) is 9.59 Å². The van der Waals surface area contributed by atoms with Crippen LogP contribution in [0.2, 0.25) is 5.02 Å². The molecule has 124 valence electrons. The van der Waals surface area contributed by atoms with Crippen LogP contribution in [0.4, 0.5) is 20.2 Å². The fraction of sp³-hybridized carbons (Fsp3) is 0.125. The zero-order chi connectivity index (χ0) is 17.3. The predicted molar refractivity (Wildman–Crippen MR) is 84.3 cm³/mol. The Morgan fingerprint density at radius 2 is 2.04 bits per heavy atom. The van der Waals surface area contributed by atoms with Crippen LogP contribution >= 0.6 is 11.6 Å². The van der Waals surface area contributed by atoms with Crippen molar-refractivity contribution in [2.75, 3.05) is 23.4 Å². The fourth-order valence-corrected chi connectivity index (χ4v) is 2.44. The number of amides is 2. The van der Waals surface area contributed by atoms with Crippen molar-refractivity contribution >= 4 is 34.8 Å². The third kappa shape index (κ3) is 3.30. The van der Waals surface area contributed by atoms with Gasteiger partial charge in [0.1, 0.15) is 23.9 Å². The number of hydrogen-bond donors (Lipinski definition) is 1. The van der Waals surface area contributed by atoms with Gasteiger partial charge in [-0.15, -0.1) is 0 Å². The van der Waals surface area contributed by atoms with Gasteiger partial charge in [-0.3, -0.25) is 14.5 Å². The molecule has 2 aromatic carbocycles. The maximum atomic E-state index is 13.6. The molecule has 2 amide bonds. The summed E-state index contributed by atoms with van der Waals surface area (Å²) in [6, 6.07) is 7.45. The summed E-state index contributed by atoms with van der Waals surface area (Å²) in [5, 5.41) is 2.74. The van der Waals surface area contributed by atoms with Gasteiger partial charge < -0.3 is 10.1 Å². The van der Waals surface area contributed by atoms with E-state index in [1.807, 2.05) is 0 Å². The second-order valence-corrected chi connectivity index (χ2v) is 5.49. The van der Waals surface area contributed by atoms with E-state index in [1.54, 1.807) is 12.1 Å². The van der Waals surface area contributed by atoms with Crippen molar-refractivity contribution in [3.8, 4) is 5.75 Å². The Hall–Kier alpha value is -2.67. The van der Waals surface area contributed by atoms with Crippen LogP contribution in [0.25, 0.3) is 0 Å². The quantitative estimate of drug-likeness (QED) is 0.924. The van der Waals surface area contributed by atoms with Gasteiger partial charge in [0.05, 0.1) is 11.4 Å². The lowest BCUT2D eigenvalue weighted by atomic mass is 10.2. The molecule has 0 bridgehead atoms. The lowest BCUT2D eigenvalue weighted by molar-refractivity contribution is -0.123. The molecule has 2 aromatic rings. The molecular weight excluding hydrogens is 342 g/mol. The molecular formula is C16H11ClF2N2O3. The Morgan fingerprint density at radius 1 is 1.25 bits per heavy atom. The van der Waals surface area contributed by atoms with Crippen molar-refractivity contribution < 1.29 is 23.1 Å². The zero-order valence-electron chi connectivity index (χ0n) is 12.2. The molecule has 0 unspecified atom stereocenters. The van der Waals surface area contributed by atoms with Gasteiger partial charge in [0, 0.05) is 17.2 Å². The molecule has 0 spiro atoms. The molecule has 5 nitrogen and oxygen atoms in total. The first kappa shape index (κ1) is 16.2. The molecule has 0 radical (unpaired) electrons. The van der Waals surface area contributed by atoms with E-state index in [-0.39, 0.29) is 18.8 Å². The average Bonchev–Trinajstić information content (AvgIpc) is 2.53. The number of nitrogens with one attached hydrogen (secondary N) is 1. The molecule has 1 aliphatic rings. The molecule has 8 heteroatoms. The van der Waals surface area contributed by atoms with E-state index in [1.165, 1.54) is 11.0 Å². The topological polar surface area (TPSA) is 58.6 Å². The number of nitrogens with zero attached hydrogens (tertiary/aromatic N) is 1. The molecule has 1 N–H and O–H groups in total. The number of benzene rings is 2. The third-order valence-electron chi connectivity index (χ3n) is 3.37. The van der Waals surface area contributed by atoms with Crippen LogP contribution in [0.5, 0.6) is 5.75 Å². The number of hydrogen-bond acceptors (Lipinski definition) is 3. The first-order valence-electron chi connectivity index (χ1n) is 6.91. The van der Waals surface area contributed by atoms with E-state index in [2.05, 4.69) is 5.32 Å². The number of carbonyl (C=O) groups is 2. The largest absolute Gasteiger partial charge is 0.482 e. The van der Waals surface area contributed by atoms with E-state index in [0.29, 0.717) is 22.5 Å². The molecule has 0 aliphatic carbocycles. The summed E-state index contributed by atoms with van der Waals surface area (Å²) in [6.45, 7) is -0.570. The number of carbonyl (C=O) groups excluding carboxylic acids is 2. The van der Waals surface area contributed by atoms with Gasteiger partial charge in [0.2, 0.25) is 5.91 Å². The molecule has 0 aromatic heterocycles. The van der Waals surface area contributed by atoms with E-state index in [9.17, 15) is 18.4 Å². The molecule has 3 rings (SSSR count). The number of fused-ring (bicyclic) bond motifs is 1. The highest BCUT2D eigenvalue weighted by Gasteiger charge is 2.27. The van der Waals surface area contributed by atoms with Gasteiger partial charge in [0.15, 0.2) is 6.61 Å². The minimum atomic E-state index is -0.899. The molecule has 1 heterocycles. The predicted octanol–water partition coefficient (Wildman–Crippen LogP) is 2.98. The highest BCUT2D eigenvalue weighted by Crippen LogP contribution is 2.34. The van der Waals surface area contributed by atoms with Crippen LogP contribution in [0.1, 0.15) is 0 Å². The van der Waals surface area contributed by atoms with Gasteiger partial charge >= 0.3 is 0 Å². The third-order valence-corrected chi connectivity index (χ3v) is 3.61. The Kier molecular flexibility index (Phi) is 4.35. The van der Waals surface area contributed by atoms with E-state index in [4.69, 9.17) is 16.3 Å². The van der Waals surface area contributed by atoms with Gasteiger partial charge in [-0.2, -0.15) is 0 Å². The van der Waals surface area contributed by atoms with Crippen molar-refractivity contribution in [3.05, 3.63) is 53.1 Å². The summed E-state index contributed by atoms with van der Waals surface area (Å²) in [4.78, 5) is 25.3. The standard InChI is InChI=1S/C16H11ClF2N2O3/c17-9-1-4-13-14(5-9)24-8-16(23)21(13)7-15(22)20-12-3-2-10(18)6-11(12)19/h1-6H,7-8H2,(H,20,22). The highest BCUT2D eigenvalue weighted by atomic mass is 35.5. The first-order chi connectivity index (χ1) is 11.4. The summed E-state index contributed by atoms with van der Waals surface area (Å²) in [5.74, 6) is -2.32. The summed E-state index contributed by atoms with van der Waals surface area (Å²) in [6.07, 6.45) is 0. The minimum absolute atomic E-state index is 0.168. The maximum absolute atomic E-state index is 13.6. The number of anilines is 2. The number of halogens is 3. The van der Waals surface area contributed by atoms with E-state index in [0.717, 1.165) is 12.1 Å². The van der Waals surface area contributed by atoms with Crippen molar-refractivity contribution in [3.63, 3.8) is 0 Å². The van der Waals surface area contributed by atoms with Crippen molar-refractivity contribution in [1.29, 1.82) is 0 Å². The Bertz CT molecular complexity index is 829. The van der Waals surface area contributed by atoms with Crippen LogP contribution < -0.4 is 15.0 Å². The fourth-order valence-electron chi connectivity index (χ4n) is 2.28. The Labute approximate surface area is 140 Å². The summed E-state index contributed by atoms with van der Waals surface area (Å²) >= 11 is 5.87. The molecule has 0 fully saturated rings. The van der Waals surface area contributed by atoms with Crippen LogP contribution in [0, 0.1) is 11.6 Å². The van der Waals surface area contributed by atoms with E-state index >= 15 is 0 Å². The van der Waals surface area contributed by atoms with Crippen LogP contribution in [-0.4, -0.2) is 25.0 Å². The van der Waals surface area contributed by atoms with Crippen LogP contribution in [0.15, 0.2) is 36.4 Å². The van der Waals surface area contributed by atoms with Crippen molar-refractivity contribution in [2.24, 2.45) is 0 Å². The van der Waals surface area contributed by atoms with Gasteiger partial charge in [-0.25, -0.2) is 8.78 Å². The van der Waals surface area contributed by atoms with E-state index < -0.39 is 23.4 Å². The first-order valence-corrected chi connectivity index (χ1v) is 7.29. The Balaban J connectivity index is 1.78. The van der Waals surface area contributed by atoms with Gasteiger partial charge in [-0.05, 0) is 24.3 Å². The lowest BCUT2D eigenvalue weighted by Gasteiger charge is -2.28. The summed E-state index contributed by atoms with van der Waals surface area (Å²) < 4.78 is 31.7. The van der Waals surface area contributed by atoms with Crippen molar-refractivity contribution in [2.45, 2.75) is 0 Å². The molecule has 1 aliphatic heterocycles.